The monoisotopic (exact) mass is 241 g/mol. The summed E-state index contributed by atoms with van der Waals surface area (Å²) in [5.74, 6) is -0.175. The smallest absolute Gasteiger partial charge is 0.123 e. The van der Waals surface area contributed by atoms with Crippen LogP contribution in [0.5, 0.6) is 0 Å². The molecule has 0 bridgehead atoms. The van der Waals surface area contributed by atoms with Crippen molar-refractivity contribution in [3.8, 4) is 11.1 Å². The zero-order valence-corrected chi connectivity index (χ0v) is 10.5. The number of anilines is 1. The number of benzene rings is 2. The maximum Gasteiger partial charge on any atom is 0.123 e. The van der Waals surface area contributed by atoms with E-state index in [9.17, 15) is 4.39 Å². The van der Waals surface area contributed by atoms with Gasteiger partial charge in [0.05, 0.1) is 0 Å². The van der Waals surface area contributed by atoms with Crippen LogP contribution in [0.3, 0.4) is 0 Å². The zero-order chi connectivity index (χ0) is 12.5. The van der Waals surface area contributed by atoms with Crippen LogP contribution in [0, 0.1) is 12.7 Å². The molecule has 2 aromatic rings. The Kier molecular flexibility index (Phi) is 2.78. The summed E-state index contributed by atoms with van der Waals surface area (Å²) in [5.41, 5.74) is 5.76. The highest BCUT2D eigenvalue weighted by Crippen LogP contribution is 2.30. The van der Waals surface area contributed by atoms with E-state index in [-0.39, 0.29) is 5.82 Å². The van der Waals surface area contributed by atoms with Gasteiger partial charge in [0, 0.05) is 12.2 Å². The molecule has 18 heavy (non-hydrogen) atoms. The second-order valence-corrected chi connectivity index (χ2v) is 4.86. The van der Waals surface area contributed by atoms with E-state index in [1.54, 1.807) is 6.07 Å². The second-order valence-electron chi connectivity index (χ2n) is 4.86. The van der Waals surface area contributed by atoms with Crippen molar-refractivity contribution in [2.75, 3.05) is 11.9 Å². The van der Waals surface area contributed by atoms with Gasteiger partial charge in [-0.1, -0.05) is 12.1 Å². The molecule has 3 rings (SSSR count). The van der Waals surface area contributed by atoms with Gasteiger partial charge in [0.2, 0.25) is 0 Å². The third-order valence-electron chi connectivity index (χ3n) is 3.55. The summed E-state index contributed by atoms with van der Waals surface area (Å²) in [6.07, 6.45) is 2.27. The highest BCUT2D eigenvalue weighted by atomic mass is 19.1. The first-order valence-corrected chi connectivity index (χ1v) is 6.37. The molecular weight excluding hydrogens is 225 g/mol. The van der Waals surface area contributed by atoms with Gasteiger partial charge in [-0.25, -0.2) is 4.39 Å². The van der Waals surface area contributed by atoms with Crippen molar-refractivity contribution in [1.29, 1.82) is 0 Å². The maximum atomic E-state index is 13.4. The number of aryl methyl sites for hydroxylation is 2. The summed E-state index contributed by atoms with van der Waals surface area (Å²) in [6.45, 7) is 3.07. The van der Waals surface area contributed by atoms with E-state index in [1.807, 2.05) is 13.0 Å². The second kappa shape index (κ2) is 4.45. The highest BCUT2D eigenvalue weighted by Gasteiger charge is 2.10. The first kappa shape index (κ1) is 11.3. The molecule has 0 aliphatic carbocycles. The van der Waals surface area contributed by atoms with Gasteiger partial charge >= 0.3 is 0 Å². The lowest BCUT2D eigenvalue weighted by Crippen LogP contribution is -2.11. The Balaban J connectivity index is 2.09. The molecule has 2 aromatic carbocycles. The minimum Gasteiger partial charge on any atom is -0.385 e. The molecule has 0 fully saturated rings. The quantitative estimate of drug-likeness (QED) is 0.790. The van der Waals surface area contributed by atoms with Gasteiger partial charge < -0.3 is 5.32 Å². The molecule has 0 amide bonds. The highest BCUT2D eigenvalue weighted by molar-refractivity contribution is 5.71. The fourth-order valence-corrected chi connectivity index (χ4v) is 2.55. The van der Waals surface area contributed by atoms with Crippen LogP contribution in [-0.4, -0.2) is 6.54 Å². The first-order chi connectivity index (χ1) is 8.74. The van der Waals surface area contributed by atoms with E-state index in [4.69, 9.17) is 0 Å². The average Bonchev–Trinajstić information content (AvgIpc) is 2.41. The number of fused-ring (bicyclic) bond motifs is 1. The molecule has 1 aliphatic rings. The molecule has 0 aromatic heterocycles. The van der Waals surface area contributed by atoms with E-state index in [0.29, 0.717) is 0 Å². The predicted octanol–water partition coefficient (Wildman–Crippen LogP) is 4.16. The van der Waals surface area contributed by atoms with Crippen LogP contribution >= 0.6 is 0 Å². The molecule has 1 nitrogen and oxygen atoms in total. The van der Waals surface area contributed by atoms with Gasteiger partial charge in [-0.15, -0.1) is 0 Å². The van der Waals surface area contributed by atoms with Gasteiger partial charge in [-0.2, -0.15) is 0 Å². The molecule has 0 radical (unpaired) electrons. The average molecular weight is 241 g/mol. The molecule has 1 heterocycles. The number of halogens is 1. The lowest BCUT2D eigenvalue weighted by Gasteiger charge is -2.19. The van der Waals surface area contributed by atoms with Crippen molar-refractivity contribution in [3.05, 3.63) is 53.3 Å². The third-order valence-corrected chi connectivity index (χ3v) is 3.55. The number of rotatable bonds is 1. The van der Waals surface area contributed by atoms with Gasteiger partial charge in [0.25, 0.3) is 0 Å². The van der Waals surface area contributed by atoms with Gasteiger partial charge in [0.15, 0.2) is 0 Å². The molecule has 1 N–H and O–H groups in total. The molecule has 2 heteroatoms. The van der Waals surface area contributed by atoms with Crippen molar-refractivity contribution >= 4 is 5.69 Å². The Morgan fingerprint density at radius 3 is 2.89 bits per heavy atom. The van der Waals surface area contributed by atoms with E-state index < -0.39 is 0 Å². The third kappa shape index (κ3) is 1.99. The molecule has 0 saturated carbocycles. The summed E-state index contributed by atoms with van der Waals surface area (Å²) in [4.78, 5) is 0. The van der Waals surface area contributed by atoms with Crippen LogP contribution in [0.1, 0.15) is 17.5 Å². The summed E-state index contributed by atoms with van der Waals surface area (Å²) < 4.78 is 13.4. The molecule has 0 unspecified atom stereocenters. The first-order valence-electron chi connectivity index (χ1n) is 6.37. The van der Waals surface area contributed by atoms with E-state index in [1.165, 1.54) is 23.7 Å². The van der Waals surface area contributed by atoms with Gasteiger partial charge in [-0.3, -0.25) is 0 Å². The Hall–Kier alpha value is -1.83. The largest absolute Gasteiger partial charge is 0.385 e. The Bertz CT molecular complexity index is 590. The standard InChI is InChI=1S/C16H16FN/c1-11-4-6-14(17)10-15(11)12-5-7-16-13(9-12)3-2-8-18-16/h4-7,9-10,18H,2-3,8H2,1H3. The summed E-state index contributed by atoms with van der Waals surface area (Å²) in [5, 5.41) is 3.39. The Morgan fingerprint density at radius 2 is 2.00 bits per heavy atom. The molecular formula is C16H16FN. The minimum absolute atomic E-state index is 0.175. The van der Waals surface area contributed by atoms with E-state index in [0.717, 1.165) is 29.7 Å². The summed E-state index contributed by atoms with van der Waals surface area (Å²) in [7, 11) is 0. The Morgan fingerprint density at radius 1 is 1.11 bits per heavy atom. The summed E-state index contributed by atoms with van der Waals surface area (Å²) >= 11 is 0. The van der Waals surface area contributed by atoms with Crippen LogP contribution in [0.25, 0.3) is 11.1 Å². The molecule has 1 aliphatic heterocycles. The zero-order valence-electron chi connectivity index (χ0n) is 10.5. The SMILES string of the molecule is Cc1ccc(F)cc1-c1ccc2c(c1)CCCN2. The normalized spacial score (nSPS) is 13.9. The van der Waals surface area contributed by atoms with Crippen LogP contribution in [0.4, 0.5) is 10.1 Å². The molecule has 0 atom stereocenters. The van der Waals surface area contributed by atoms with Crippen LogP contribution in [0.15, 0.2) is 36.4 Å². The van der Waals surface area contributed by atoms with E-state index >= 15 is 0 Å². The fraction of sp³-hybridized carbons (Fsp3) is 0.250. The van der Waals surface area contributed by atoms with Gasteiger partial charge in [0.1, 0.15) is 5.82 Å². The van der Waals surface area contributed by atoms with Crippen molar-refractivity contribution in [1.82, 2.24) is 0 Å². The molecule has 0 saturated heterocycles. The van der Waals surface area contributed by atoms with Crippen LogP contribution in [0.2, 0.25) is 0 Å². The van der Waals surface area contributed by atoms with Crippen LogP contribution in [-0.2, 0) is 6.42 Å². The number of hydrogen-bond donors (Lipinski definition) is 1. The Labute approximate surface area is 107 Å². The predicted molar refractivity (Wildman–Crippen MR) is 73.4 cm³/mol. The number of hydrogen-bond acceptors (Lipinski definition) is 1. The van der Waals surface area contributed by atoms with Crippen molar-refractivity contribution < 1.29 is 4.39 Å². The lowest BCUT2D eigenvalue weighted by molar-refractivity contribution is 0.628. The van der Waals surface area contributed by atoms with Crippen molar-refractivity contribution in [3.63, 3.8) is 0 Å². The molecule has 0 spiro atoms. The topological polar surface area (TPSA) is 12.0 Å². The van der Waals surface area contributed by atoms with E-state index in [2.05, 4.69) is 23.5 Å². The van der Waals surface area contributed by atoms with Gasteiger partial charge in [-0.05, 0) is 66.3 Å². The van der Waals surface area contributed by atoms with Crippen LogP contribution < -0.4 is 5.32 Å². The maximum absolute atomic E-state index is 13.4. The number of nitrogens with one attached hydrogen (secondary N) is 1. The van der Waals surface area contributed by atoms with Crippen molar-refractivity contribution in [2.45, 2.75) is 19.8 Å². The minimum atomic E-state index is -0.175. The summed E-state index contributed by atoms with van der Waals surface area (Å²) in [6, 6.07) is 11.3. The molecule has 92 valence electrons. The van der Waals surface area contributed by atoms with Crippen molar-refractivity contribution in [2.24, 2.45) is 0 Å². The fourth-order valence-electron chi connectivity index (χ4n) is 2.55. The lowest BCUT2D eigenvalue weighted by atomic mass is 9.95.